The minimum absolute atomic E-state index is 0.103. The molecule has 3 heteroatoms. The maximum atomic E-state index is 14.1. The second-order valence-electron chi connectivity index (χ2n) is 8.69. The number of phenols is 1. The second-order valence-corrected chi connectivity index (χ2v) is 8.69. The molecule has 0 unspecified atom stereocenters. The summed E-state index contributed by atoms with van der Waals surface area (Å²) in [5, 5.41) is 9.31. The molecule has 0 aromatic heterocycles. The van der Waals surface area contributed by atoms with Crippen molar-refractivity contribution in [2.45, 2.75) is 89.9 Å². The Morgan fingerprint density at radius 3 is 2.08 bits per heavy atom. The SMILES string of the molecule is CCCCCC1CCC(C2CCC(c3ccc(O)c(F)c3F)CC2)CC1. The summed E-state index contributed by atoms with van der Waals surface area (Å²) >= 11 is 0. The van der Waals surface area contributed by atoms with Gasteiger partial charge in [-0.25, -0.2) is 4.39 Å². The zero-order chi connectivity index (χ0) is 18.5. The minimum atomic E-state index is -1.09. The van der Waals surface area contributed by atoms with Crippen molar-refractivity contribution >= 4 is 0 Å². The fourth-order valence-corrected chi connectivity index (χ4v) is 5.40. The van der Waals surface area contributed by atoms with Crippen LogP contribution in [0.3, 0.4) is 0 Å². The van der Waals surface area contributed by atoms with Gasteiger partial charge in [0.05, 0.1) is 0 Å². The summed E-state index contributed by atoms with van der Waals surface area (Å²) in [6.45, 7) is 2.27. The van der Waals surface area contributed by atoms with Crippen LogP contribution in [0.1, 0.15) is 95.5 Å². The lowest BCUT2D eigenvalue weighted by Gasteiger charge is -2.38. The van der Waals surface area contributed by atoms with E-state index >= 15 is 0 Å². The standard InChI is InChI=1S/C23H34F2O/c1-2-3-4-5-16-6-8-17(9-7-16)18-10-12-19(13-11-18)20-14-15-21(26)23(25)22(20)24/h14-19,26H,2-13H2,1H3. The molecule has 3 rings (SSSR count). The molecule has 0 spiro atoms. The van der Waals surface area contributed by atoms with Crippen LogP contribution in [-0.2, 0) is 0 Å². The Morgan fingerprint density at radius 2 is 1.46 bits per heavy atom. The minimum Gasteiger partial charge on any atom is -0.505 e. The van der Waals surface area contributed by atoms with Gasteiger partial charge < -0.3 is 5.11 Å². The predicted molar refractivity (Wildman–Crippen MR) is 102 cm³/mol. The quantitative estimate of drug-likeness (QED) is 0.524. The van der Waals surface area contributed by atoms with Crippen LogP contribution in [0.15, 0.2) is 12.1 Å². The molecule has 0 aliphatic heterocycles. The topological polar surface area (TPSA) is 20.2 Å². The predicted octanol–water partition coefficient (Wildman–Crippen LogP) is 7.33. The van der Waals surface area contributed by atoms with Crippen molar-refractivity contribution in [2.24, 2.45) is 17.8 Å². The summed E-state index contributed by atoms with van der Waals surface area (Å²) in [6.07, 6.45) is 15.2. The molecule has 0 saturated heterocycles. The summed E-state index contributed by atoms with van der Waals surface area (Å²) in [5.74, 6) is 0.144. The molecule has 0 atom stereocenters. The Kier molecular flexibility index (Phi) is 6.94. The van der Waals surface area contributed by atoms with Gasteiger partial charge in [-0.3, -0.25) is 0 Å². The van der Waals surface area contributed by atoms with Crippen LogP contribution in [0, 0.1) is 29.4 Å². The van der Waals surface area contributed by atoms with E-state index in [0.717, 1.165) is 43.4 Å². The summed E-state index contributed by atoms with van der Waals surface area (Å²) < 4.78 is 27.8. The molecule has 2 aliphatic rings. The van der Waals surface area contributed by atoms with Gasteiger partial charge in [0, 0.05) is 0 Å². The lowest BCUT2D eigenvalue weighted by atomic mass is 9.68. The van der Waals surface area contributed by atoms with Crippen molar-refractivity contribution in [3.63, 3.8) is 0 Å². The van der Waals surface area contributed by atoms with Crippen LogP contribution >= 0.6 is 0 Å². The molecule has 1 nitrogen and oxygen atoms in total. The van der Waals surface area contributed by atoms with Crippen molar-refractivity contribution in [1.29, 1.82) is 0 Å². The van der Waals surface area contributed by atoms with Crippen LogP contribution in [0.4, 0.5) is 8.78 Å². The Balaban J connectivity index is 1.47. The molecular formula is C23H34F2O. The molecule has 1 aromatic rings. The highest BCUT2D eigenvalue weighted by atomic mass is 19.2. The molecule has 2 saturated carbocycles. The molecule has 0 bridgehead atoms. The van der Waals surface area contributed by atoms with Gasteiger partial charge in [-0.05, 0) is 73.8 Å². The van der Waals surface area contributed by atoms with E-state index < -0.39 is 17.4 Å². The maximum Gasteiger partial charge on any atom is 0.200 e. The van der Waals surface area contributed by atoms with Crippen LogP contribution in [-0.4, -0.2) is 5.11 Å². The second kappa shape index (κ2) is 9.19. The van der Waals surface area contributed by atoms with Crippen molar-refractivity contribution in [3.05, 3.63) is 29.3 Å². The molecular weight excluding hydrogens is 330 g/mol. The van der Waals surface area contributed by atoms with Crippen molar-refractivity contribution in [2.75, 3.05) is 0 Å². The Hall–Kier alpha value is -1.12. The Morgan fingerprint density at radius 1 is 0.846 bits per heavy atom. The fourth-order valence-electron chi connectivity index (χ4n) is 5.40. The number of hydrogen-bond donors (Lipinski definition) is 1. The molecule has 1 aromatic carbocycles. The largest absolute Gasteiger partial charge is 0.505 e. The van der Waals surface area contributed by atoms with E-state index in [1.165, 1.54) is 57.4 Å². The number of aromatic hydroxyl groups is 1. The van der Waals surface area contributed by atoms with Gasteiger partial charge in [0.15, 0.2) is 11.6 Å². The van der Waals surface area contributed by atoms with Crippen molar-refractivity contribution in [3.8, 4) is 5.75 Å². The van der Waals surface area contributed by atoms with Gasteiger partial charge in [-0.15, -0.1) is 0 Å². The van der Waals surface area contributed by atoms with Crippen LogP contribution in [0.5, 0.6) is 5.75 Å². The van der Waals surface area contributed by atoms with Gasteiger partial charge in [0.2, 0.25) is 5.82 Å². The molecule has 0 radical (unpaired) electrons. The molecule has 0 heterocycles. The first-order valence-corrected chi connectivity index (χ1v) is 10.8. The van der Waals surface area contributed by atoms with Gasteiger partial charge in [0.25, 0.3) is 0 Å². The summed E-state index contributed by atoms with van der Waals surface area (Å²) in [4.78, 5) is 0. The molecule has 2 fully saturated rings. The molecule has 0 amide bonds. The molecule has 1 N–H and O–H groups in total. The number of rotatable bonds is 6. The van der Waals surface area contributed by atoms with Crippen LogP contribution < -0.4 is 0 Å². The average molecular weight is 365 g/mol. The monoisotopic (exact) mass is 364 g/mol. The number of halogens is 2. The zero-order valence-corrected chi connectivity index (χ0v) is 16.2. The van der Waals surface area contributed by atoms with Gasteiger partial charge in [-0.2, -0.15) is 4.39 Å². The lowest BCUT2D eigenvalue weighted by molar-refractivity contribution is 0.155. The number of hydrogen-bond acceptors (Lipinski definition) is 1. The summed E-state index contributed by atoms with van der Waals surface area (Å²) in [7, 11) is 0. The van der Waals surface area contributed by atoms with Crippen LogP contribution in [0.2, 0.25) is 0 Å². The van der Waals surface area contributed by atoms with Gasteiger partial charge in [0.1, 0.15) is 0 Å². The van der Waals surface area contributed by atoms with E-state index in [1.54, 1.807) is 6.07 Å². The summed E-state index contributed by atoms with van der Waals surface area (Å²) in [5.41, 5.74) is 0.457. The number of unbranched alkanes of at least 4 members (excludes halogenated alkanes) is 2. The van der Waals surface area contributed by atoms with Gasteiger partial charge >= 0.3 is 0 Å². The normalized spacial score (nSPS) is 29.7. The molecule has 26 heavy (non-hydrogen) atoms. The van der Waals surface area contributed by atoms with E-state index in [4.69, 9.17) is 0 Å². The highest BCUT2D eigenvalue weighted by molar-refractivity contribution is 5.32. The van der Waals surface area contributed by atoms with Crippen molar-refractivity contribution in [1.82, 2.24) is 0 Å². The highest BCUT2D eigenvalue weighted by Gasteiger charge is 2.32. The zero-order valence-electron chi connectivity index (χ0n) is 16.2. The smallest absolute Gasteiger partial charge is 0.200 e. The summed E-state index contributed by atoms with van der Waals surface area (Å²) in [6, 6.07) is 2.86. The van der Waals surface area contributed by atoms with E-state index in [2.05, 4.69) is 6.92 Å². The average Bonchev–Trinajstić information content (AvgIpc) is 2.67. The number of benzene rings is 1. The first-order valence-electron chi connectivity index (χ1n) is 10.8. The molecule has 2 aliphatic carbocycles. The van der Waals surface area contributed by atoms with E-state index in [9.17, 15) is 13.9 Å². The van der Waals surface area contributed by atoms with Crippen LogP contribution in [0.25, 0.3) is 0 Å². The third kappa shape index (κ3) is 4.58. The lowest BCUT2D eigenvalue weighted by Crippen LogP contribution is -2.25. The number of phenolic OH excluding ortho intramolecular Hbond substituents is 1. The third-order valence-electron chi connectivity index (χ3n) is 7.08. The fraction of sp³-hybridized carbons (Fsp3) is 0.739. The van der Waals surface area contributed by atoms with E-state index in [-0.39, 0.29) is 5.92 Å². The highest BCUT2D eigenvalue weighted by Crippen LogP contribution is 2.45. The van der Waals surface area contributed by atoms with E-state index in [0.29, 0.717) is 5.56 Å². The first kappa shape index (κ1) is 19.6. The molecule has 146 valence electrons. The Bertz CT molecular complexity index is 570. The third-order valence-corrected chi connectivity index (χ3v) is 7.08. The maximum absolute atomic E-state index is 14.1. The van der Waals surface area contributed by atoms with Crippen molar-refractivity contribution < 1.29 is 13.9 Å². The van der Waals surface area contributed by atoms with E-state index in [1.807, 2.05) is 0 Å². The van der Waals surface area contributed by atoms with Gasteiger partial charge in [-0.1, -0.05) is 51.5 Å². The first-order chi connectivity index (χ1) is 12.6. The Labute approximate surface area is 157 Å².